The second kappa shape index (κ2) is 7.74. The molecule has 1 aromatic heterocycles. The van der Waals surface area contributed by atoms with Crippen molar-refractivity contribution in [2.75, 3.05) is 26.2 Å². The molecule has 1 amide bonds. The van der Waals surface area contributed by atoms with Crippen molar-refractivity contribution in [1.29, 1.82) is 0 Å². The number of carbonyl (C=O) groups excluding carboxylic acids is 1. The van der Waals surface area contributed by atoms with Gasteiger partial charge >= 0.3 is 0 Å². The normalized spacial score (nSPS) is 17.8. The van der Waals surface area contributed by atoms with E-state index in [1.54, 1.807) is 4.90 Å². The fraction of sp³-hybridized carbons (Fsp3) is 0.474. The van der Waals surface area contributed by atoms with E-state index in [0.717, 1.165) is 37.1 Å². The van der Waals surface area contributed by atoms with Gasteiger partial charge in [-0.2, -0.15) is 5.06 Å². The molecule has 0 unspecified atom stereocenters. The zero-order valence-corrected chi connectivity index (χ0v) is 14.9. The van der Waals surface area contributed by atoms with E-state index in [2.05, 4.69) is 5.16 Å². The minimum absolute atomic E-state index is 0.0345. The molecule has 0 aliphatic carbocycles. The number of carbonyl (C=O) groups is 1. The Hall–Kier alpha value is -2.32. The van der Waals surface area contributed by atoms with Crippen LogP contribution in [0.25, 0.3) is 11.3 Å². The third-order valence-electron chi connectivity index (χ3n) is 5.02. The minimum Gasteiger partial charge on any atom is -0.360 e. The Kier molecular flexibility index (Phi) is 5.18. The van der Waals surface area contributed by atoms with Gasteiger partial charge in [0, 0.05) is 43.6 Å². The maximum atomic E-state index is 13.6. The number of hydroxylamine groups is 2. The molecule has 27 heavy (non-hydrogen) atoms. The second-order valence-corrected chi connectivity index (χ2v) is 6.85. The van der Waals surface area contributed by atoms with Crippen LogP contribution < -0.4 is 0 Å². The highest BCUT2D eigenvalue weighted by molar-refractivity contribution is 5.77. The van der Waals surface area contributed by atoms with E-state index in [9.17, 15) is 13.6 Å². The number of aromatic nitrogens is 1. The molecular weight excluding hydrogens is 356 g/mol. The Balaban J connectivity index is 1.45. The summed E-state index contributed by atoms with van der Waals surface area (Å²) in [5.74, 6) is -1.12. The predicted octanol–water partition coefficient (Wildman–Crippen LogP) is 2.92. The van der Waals surface area contributed by atoms with E-state index in [-0.39, 0.29) is 5.91 Å². The lowest BCUT2D eigenvalue weighted by atomic mass is 10.0. The number of hydrogen-bond donors (Lipinski definition) is 0. The monoisotopic (exact) mass is 377 g/mol. The van der Waals surface area contributed by atoms with Crippen LogP contribution in [0.3, 0.4) is 0 Å². The van der Waals surface area contributed by atoms with Gasteiger partial charge in [0.15, 0.2) is 11.6 Å². The first-order valence-electron chi connectivity index (χ1n) is 9.20. The molecule has 0 bridgehead atoms. The highest BCUT2D eigenvalue weighted by Gasteiger charge is 2.28. The van der Waals surface area contributed by atoms with Crippen molar-refractivity contribution >= 4 is 5.91 Å². The van der Waals surface area contributed by atoms with Crippen LogP contribution in [0.2, 0.25) is 0 Å². The Labute approximate surface area is 155 Å². The minimum atomic E-state index is -0.936. The smallest absolute Gasteiger partial charge is 0.224 e. The van der Waals surface area contributed by atoms with Crippen molar-refractivity contribution in [3.63, 3.8) is 0 Å². The molecular formula is C19H21F2N3O3. The van der Waals surface area contributed by atoms with Gasteiger partial charge < -0.3 is 9.42 Å². The Morgan fingerprint density at radius 2 is 2.07 bits per heavy atom. The summed E-state index contributed by atoms with van der Waals surface area (Å²) in [5, 5.41) is 5.87. The number of hydrogen-bond acceptors (Lipinski definition) is 5. The molecule has 4 rings (SSSR count). The lowest BCUT2D eigenvalue weighted by Gasteiger charge is -2.29. The maximum Gasteiger partial charge on any atom is 0.224 e. The topological polar surface area (TPSA) is 58.8 Å². The lowest BCUT2D eigenvalue weighted by Crippen LogP contribution is -2.38. The van der Waals surface area contributed by atoms with Crippen LogP contribution in [0, 0.1) is 11.6 Å². The Bertz CT molecular complexity index is 834. The van der Waals surface area contributed by atoms with Crippen molar-refractivity contribution in [2.24, 2.45) is 0 Å². The van der Waals surface area contributed by atoms with Crippen molar-refractivity contribution in [3.05, 3.63) is 41.2 Å². The number of amides is 1. The van der Waals surface area contributed by atoms with Crippen molar-refractivity contribution in [2.45, 2.75) is 32.2 Å². The molecule has 144 valence electrons. The first-order chi connectivity index (χ1) is 13.1. The molecule has 0 N–H and O–H groups in total. The number of benzene rings is 1. The van der Waals surface area contributed by atoms with Crippen LogP contribution in [0.1, 0.15) is 30.6 Å². The molecule has 0 saturated carbocycles. The van der Waals surface area contributed by atoms with Crippen LogP contribution in [0.4, 0.5) is 8.78 Å². The fourth-order valence-corrected chi connectivity index (χ4v) is 3.50. The molecule has 0 atom stereocenters. The molecule has 6 nitrogen and oxygen atoms in total. The summed E-state index contributed by atoms with van der Waals surface area (Å²) < 4.78 is 32.1. The molecule has 0 spiro atoms. The van der Waals surface area contributed by atoms with E-state index in [1.807, 2.05) is 5.06 Å². The molecule has 1 fully saturated rings. The molecule has 2 aliphatic rings. The standard InChI is InChI=1S/C19H21F2N3O3/c20-15-4-3-13(11-16(15)21)19-14-12-23(8-5-17(14)27-22-19)18(25)6-9-24-7-1-2-10-26-24/h3-4,11H,1-2,5-10,12H2. The van der Waals surface area contributed by atoms with E-state index in [1.165, 1.54) is 6.07 Å². The summed E-state index contributed by atoms with van der Waals surface area (Å²) in [7, 11) is 0. The predicted molar refractivity (Wildman–Crippen MR) is 92.4 cm³/mol. The Morgan fingerprint density at radius 1 is 1.19 bits per heavy atom. The van der Waals surface area contributed by atoms with Gasteiger partial charge in [0.05, 0.1) is 13.2 Å². The summed E-state index contributed by atoms with van der Waals surface area (Å²) in [6.45, 7) is 3.04. The number of halogens is 2. The van der Waals surface area contributed by atoms with E-state index in [0.29, 0.717) is 56.1 Å². The first-order valence-corrected chi connectivity index (χ1v) is 9.20. The van der Waals surface area contributed by atoms with Gasteiger partial charge in [0.25, 0.3) is 0 Å². The van der Waals surface area contributed by atoms with Crippen LogP contribution in [-0.4, -0.2) is 47.3 Å². The molecule has 2 aromatic rings. The SMILES string of the molecule is O=C(CCN1CCCCO1)N1CCc2onc(-c3ccc(F)c(F)c3)c2C1. The van der Waals surface area contributed by atoms with Gasteiger partial charge in [-0.25, -0.2) is 8.78 Å². The van der Waals surface area contributed by atoms with Crippen molar-refractivity contribution in [3.8, 4) is 11.3 Å². The third kappa shape index (κ3) is 3.86. The van der Waals surface area contributed by atoms with Crippen molar-refractivity contribution in [1.82, 2.24) is 15.1 Å². The van der Waals surface area contributed by atoms with Gasteiger partial charge in [0.1, 0.15) is 11.5 Å². The highest BCUT2D eigenvalue weighted by Crippen LogP contribution is 2.31. The van der Waals surface area contributed by atoms with Gasteiger partial charge in [-0.05, 0) is 31.0 Å². The fourth-order valence-electron chi connectivity index (χ4n) is 3.50. The molecule has 2 aliphatic heterocycles. The molecule has 1 aromatic carbocycles. The quantitative estimate of drug-likeness (QED) is 0.820. The summed E-state index contributed by atoms with van der Waals surface area (Å²) >= 11 is 0. The first kappa shape index (κ1) is 18.1. The summed E-state index contributed by atoms with van der Waals surface area (Å²) in [6, 6.07) is 3.63. The van der Waals surface area contributed by atoms with Crippen LogP contribution >= 0.6 is 0 Å². The van der Waals surface area contributed by atoms with Crippen LogP contribution in [0.5, 0.6) is 0 Å². The van der Waals surface area contributed by atoms with Crippen LogP contribution in [0.15, 0.2) is 22.7 Å². The van der Waals surface area contributed by atoms with E-state index in [4.69, 9.17) is 9.36 Å². The number of fused-ring (bicyclic) bond motifs is 1. The summed E-state index contributed by atoms with van der Waals surface area (Å²) in [5.41, 5.74) is 1.66. The van der Waals surface area contributed by atoms with E-state index >= 15 is 0 Å². The van der Waals surface area contributed by atoms with Crippen LogP contribution in [-0.2, 0) is 22.6 Å². The zero-order valence-electron chi connectivity index (χ0n) is 14.9. The van der Waals surface area contributed by atoms with Gasteiger partial charge in [-0.15, -0.1) is 0 Å². The highest BCUT2D eigenvalue weighted by atomic mass is 19.2. The van der Waals surface area contributed by atoms with E-state index < -0.39 is 11.6 Å². The molecule has 1 saturated heterocycles. The largest absolute Gasteiger partial charge is 0.360 e. The number of nitrogens with zero attached hydrogens (tertiary/aromatic N) is 3. The summed E-state index contributed by atoms with van der Waals surface area (Å²) in [6.07, 6.45) is 3.07. The van der Waals surface area contributed by atoms with Gasteiger partial charge in [0.2, 0.25) is 5.91 Å². The maximum absolute atomic E-state index is 13.6. The molecule has 8 heteroatoms. The molecule has 3 heterocycles. The second-order valence-electron chi connectivity index (χ2n) is 6.85. The number of rotatable bonds is 4. The van der Waals surface area contributed by atoms with Gasteiger partial charge in [-0.1, -0.05) is 5.16 Å². The lowest BCUT2D eigenvalue weighted by molar-refractivity contribution is -0.182. The third-order valence-corrected chi connectivity index (χ3v) is 5.02. The molecule has 0 radical (unpaired) electrons. The zero-order chi connectivity index (χ0) is 18.8. The van der Waals surface area contributed by atoms with Gasteiger partial charge in [-0.3, -0.25) is 9.63 Å². The summed E-state index contributed by atoms with van der Waals surface area (Å²) in [4.78, 5) is 19.9. The van der Waals surface area contributed by atoms with Crippen molar-refractivity contribution < 1.29 is 22.9 Å². The average molecular weight is 377 g/mol. The average Bonchev–Trinajstić information content (AvgIpc) is 3.12. The Morgan fingerprint density at radius 3 is 2.85 bits per heavy atom.